The molecule has 25 heavy (non-hydrogen) atoms. The van der Waals surface area contributed by atoms with Crippen molar-refractivity contribution in [2.45, 2.75) is 38.1 Å². The highest BCUT2D eigenvalue weighted by atomic mass is 16.4. The van der Waals surface area contributed by atoms with Crippen LogP contribution < -0.4 is 0 Å². The van der Waals surface area contributed by atoms with Gasteiger partial charge in [0.2, 0.25) is 5.91 Å². The van der Waals surface area contributed by atoms with Crippen molar-refractivity contribution in [2.24, 2.45) is 5.92 Å². The zero-order valence-electron chi connectivity index (χ0n) is 14.6. The quantitative estimate of drug-likeness (QED) is 0.888. The number of amides is 2. The molecular formula is C18H23N3O4. The number of aromatic nitrogens is 1. The van der Waals surface area contributed by atoms with Crippen molar-refractivity contribution in [2.75, 3.05) is 20.1 Å². The molecule has 0 saturated carbocycles. The first-order valence-corrected chi connectivity index (χ1v) is 8.62. The maximum Gasteiger partial charge on any atom is 0.309 e. The second-order valence-electron chi connectivity index (χ2n) is 6.83. The van der Waals surface area contributed by atoms with Crippen LogP contribution in [0.15, 0.2) is 18.3 Å². The fraction of sp³-hybridized carbons (Fsp3) is 0.556. The zero-order chi connectivity index (χ0) is 18.2. The van der Waals surface area contributed by atoms with E-state index in [4.69, 9.17) is 0 Å². The Morgan fingerprint density at radius 3 is 2.64 bits per heavy atom. The molecule has 0 aliphatic carbocycles. The molecule has 7 nitrogen and oxygen atoms in total. The number of piperidine rings is 1. The highest BCUT2D eigenvalue weighted by Crippen LogP contribution is 2.42. The summed E-state index contributed by atoms with van der Waals surface area (Å²) in [5.74, 6) is -1.83. The number of carboxylic acids is 1. The number of nitrogens with zero attached hydrogens (tertiary/aromatic N) is 3. The summed E-state index contributed by atoms with van der Waals surface area (Å²) in [6.07, 6.45) is 3.43. The number of carbonyl (C=O) groups excluding carboxylic acids is 2. The molecular weight excluding hydrogens is 322 g/mol. The van der Waals surface area contributed by atoms with E-state index in [1.54, 1.807) is 35.2 Å². The first-order valence-electron chi connectivity index (χ1n) is 8.62. The Morgan fingerprint density at radius 2 is 2.04 bits per heavy atom. The molecule has 2 aliphatic heterocycles. The van der Waals surface area contributed by atoms with Crippen LogP contribution in [0.4, 0.5) is 0 Å². The van der Waals surface area contributed by atoms with Gasteiger partial charge in [0, 0.05) is 44.0 Å². The van der Waals surface area contributed by atoms with Gasteiger partial charge in [0.05, 0.1) is 11.5 Å². The normalized spacial score (nSPS) is 22.5. The number of likely N-dealkylation sites (tertiary alicyclic amines) is 2. The smallest absolute Gasteiger partial charge is 0.309 e. The van der Waals surface area contributed by atoms with Gasteiger partial charge in [-0.15, -0.1) is 0 Å². The Labute approximate surface area is 146 Å². The SMILES string of the molecule is CCc1cc(C(=O)N2CCC3(CC2)[C@H](C(=O)O)CC(=O)N3C)ccn1. The minimum absolute atomic E-state index is 0.0456. The molecule has 3 heterocycles. The second kappa shape index (κ2) is 6.46. The number of aliphatic carboxylic acids is 1. The Hall–Kier alpha value is -2.44. The predicted molar refractivity (Wildman–Crippen MR) is 90.0 cm³/mol. The molecule has 2 aliphatic rings. The average molecular weight is 345 g/mol. The number of aryl methyl sites for hydroxylation is 1. The number of rotatable bonds is 3. The van der Waals surface area contributed by atoms with Crippen molar-refractivity contribution in [3.8, 4) is 0 Å². The first kappa shape index (κ1) is 17.4. The Morgan fingerprint density at radius 1 is 1.36 bits per heavy atom. The molecule has 1 N–H and O–H groups in total. The largest absolute Gasteiger partial charge is 0.481 e. The van der Waals surface area contributed by atoms with Crippen LogP contribution in [0.5, 0.6) is 0 Å². The maximum atomic E-state index is 12.7. The van der Waals surface area contributed by atoms with E-state index in [0.717, 1.165) is 12.1 Å². The van der Waals surface area contributed by atoms with E-state index < -0.39 is 17.4 Å². The van der Waals surface area contributed by atoms with Crippen molar-refractivity contribution in [3.63, 3.8) is 0 Å². The van der Waals surface area contributed by atoms with E-state index in [2.05, 4.69) is 4.98 Å². The molecule has 7 heteroatoms. The minimum Gasteiger partial charge on any atom is -0.481 e. The van der Waals surface area contributed by atoms with E-state index in [1.807, 2.05) is 6.92 Å². The van der Waals surface area contributed by atoms with Crippen LogP contribution in [0.25, 0.3) is 0 Å². The molecule has 0 radical (unpaired) electrons. The van der Waals surface area contributed by atoms with Crippen molar-refractivity contribution < 1.29 is 19.5 Å². The van der Waals surface area contributed by atoms with Crippen LogP contribution in [-0.4, -0.2) is 63.4 Å². The van der Waals surface area contributed by atoms with Gasteiger partial charge in [0.15, 0.2) is 0 Å². The standard InChI is InChI=1S/C18H23N3O4/c1-3-13-10-12(4-7-19-13)16(23)21-8-5-18(6-9-21)14(17(24)25)11-15(22)20(18)2/h4,7,10,14H,3,5-6,8-9,11H2,1-2H3,(H,24,25)/t14-/m0/s1. The Balaban J connectivity index is 1.75. The number of carboxylic acid groups (broad SMARTS) is 1. The lowest BCUT2D eigenvalue weighted by atomic mass is 9.77. The summed E-state index contributed by atoms with van der Waals surface area (Å²) in [6, 6.07) is 3.51. The predicted octanol–water partition coefficient (Wildman–Crippen LogP) is 1.18. The number of carbonyl (C=O) groups is 3. The third kappa shape index (κ3) is 2.88. The highest BCUT2D eigenvalue weighted by Gasteiger charge is 2.55. The summed E-state index contributed by atoms with van der Waals surface area (Å²) in [5, 5.41) is 9.51. The van der Waals surface area contributed by atoms with Crippen LogP contribution in [0.3, 0.4) is 0 Å². The molecule has 1 aromatic heterocycles. The molecule has 1 spiro atoms. The van der Waals surface area contributed by atoms with E-state index in [0.29, 0.717) is 31.5 Å². The van der Waals surface area contributed by atoms with Crippen molar-refractivity contribution in [1.29, 1.82) is 0 Å². The van der Waals surface area contributed by atoms with Crippen LogP contribution in [0, 0.1) is 5.92 Å². The Kier molecular flexibility index (Phi) is 4.49. The fourth-order valence-corrected chi connectivity index (χ4v) is 4.07. The summed E-state index contributed by atoms with van der Waals surface area (Å²) in [5.41, 5.74) is 0.798. The molecule has 134 valence electrons. The van der Waals surface area contributed by atoms with Gasteiger partial charge in [-0.3, -0.25) is 19.4 Å². The molecule has 1 aromatic rings. The van der Waals surface area contributed by atoms with Crippen molar-refractivity contribution in [1.82, 2.24) is 14.8 Å². The summed E-state index contributed by atoms with van der Waals surface area (Å²) in [4.78, 5) is 43.9. The first-order chi connectivity index (χ1) is 11.9. The number of hydrogen-bond donors (Lipinski definition) is 1. The summed E-state index contributed by atoms with van der Waals surface area (Å²) in [6.45, 7) is 2.88. The molecule has 3 rings (SSSR count). The summed E-state index contributed by atoms with van der Waals surface area (Å²) in [7, 11) is 1.68. The van der Waals surface area contributed by atoms with E-state index in [9.17, 15) is 19.5 Å². The van der Waals surface area contributed by atoms with Gasteiger partial charge >= 0.3 is 5.97 Å². The Bertz CT molecular complexity index is 710. The lowest BCUT2D eigenvalue weighted by molar-refractivity contribution is -0.145. The molecule has 2 fully saturated rings. The third-order valence-corrected chi connectivity index (χ3v) is 5.71. The third-order valence-electron chi connectivity index (χ3n) is 5.71. The number of hydrogen-bond acceptors (Lipinski definition) is 4. The molecule has 2 amide bonds. The monoisotopic (exact) mass is 345 g/mol. The van der Waals surface area contributed by atoms with Gasteiger partial charge < -0.3 is 14.9 Å². The summed E-state index contributed by atoms with van der Waals surface area (Å²) < 4.78 is 0. The van der Waals surface area contributed by atoms with Gasteiger partial charge in [-0.25, -0.2) is 0 Å². The van der Waals surface area contributed by atoms with Crippen molar-refractivity contribution in [3.05, 3.63) is 29.6 Å². The molecule has 2 saturated heterocycles. The number of pyridine rings is 1. The lowest BCUT2D eigenvalue weighted by Gasteiger charge is -2.45. The molecule has 1 atom stereocenters. The minimum atomic E-state index is -0.931. The molecule has 0 aromatic carbocycles. The van der Waals surface area contributed by atoms with Gasteiger partial charge in [-0.1, -0.05) is 6.92 Å². The van der Waals surface area contributed by atoms with Crippen LogP contribution in [0.2, 0.25) is 0 Å². The summed E-state index contributed by atoms with van der Waals surface area (Å²) >= 11 is 0. The van der Waals surface area contributed by atoms with Crippen molar-refractivity contribution >= 4 is 17.8 Å². The molecule has 0 bridgehead atoms. The van der Waals surface area contributed by atoms with Crippen LogP contribution in [-0.2, 0) is 16.0 Å². The van der Waals surface area contributed by atoms with E-state index in [1.165, 1.54) is 0 Å². The van der Waals surface area contributed by atoms with Crippen LogP contribution in [0.1, 0.15) is 42.2 Å². The van der Waals surface area contributed by atoms with Gasteiger partial charge in [-0.2, -0.15) is 0 Å². The topological polar surface area (TPSA) is 90.8 Å². The average Bonchev–Trinajstić information content (AvgIpc) is 2.87. The zero-order valence-corrected chi connectivity index (χ0v) is 14.6. The van der Waals surface area contributed by atoms with Gasteiger partial charge in [0.25, 0.3) is 5.91 Å². The van der Waals surface area contributed by atoms with E-state index in [-0.39, 0.29) is 18.2 Å². The van der Waals surface area contributed by atoms with Crippen LogP contribution >= 0.6 is 0 Å². The van der Waals surface area contributed by atoms with Gasteiger partial charge in [-0.05, 0) is 31.4 Å². The highest BCUT2D eigenvalue weighted by molar-refractivity contribution is 5.94. The lowest BCUT2D eigenvalue weighted by Crippen LogP contribution is -2.56. The fourth-order valence-electron chi connectivity index (χ4n) is 4.07. The van der Waals surface area contributed by atoms with Gasteiger partial charge in [0.1, 0.15) is 0 Å². The molecule has 0 unspecified atom stereocenters. The second-order valence-corrected chi connectivity index (χ2v) is 6.83. The maximum absolute atomic E-state index is 12.7. The van der Waals surface area contributed by atoms with E-state index >= 15 is 0 Å².